The van der Waals surface area contributed by atoms with Crippen molar-refractivity contribution in [2.24, 2.45) is 0 Å². The molecule has 2 rings (SSSR count). The Morgan fingerprint density at radius 1 is 0.654 bits per heavy atom. The standard InChI is InChI=1S/C18H14O8/c19-15(25-13-7-3-1-5-11(13)17(21)22)9-10-16(20)26-14-8-4-2-6-12(14)18(23)24/h1-8H,9-10H2,(H,21,22)(H,23,24). The molecule has 0 heterocycles. The molecule has 2 aromatic carbocycles. The number of aromatic carboxylic acids is 2. The fraction of sp³-hybridized carbons (Fsp3) is 0.111. The number of hydrogen-bond donors (Lipinski definition) is 2. The lowest BCUT2D eigenvalue weighted by atomic mass is 10.2. The van der Waals surface area contributed by atoms with Gasteiger partial charge in [-0.2, -0.15) is 0 Å². The summed E-state index contributed by atoms with van der Waals surface area (Å²) < 4.78 is 9.90. The monoisotopic (exact) mass is 358 g/mol. The topological polar surface area (TPSA) is 127 Å². The molecule has 8 heteroatoms. The zero-order chi connectivity index (χ0) is 19.1. The van der Waals surface area contributed by atoms with Crippen molar-refractivity contribution in [2.75, 3.05) is 0 Å². The van der Waals surface area contributed by atoms with E-state index in [2.05, 4.69) is 0 Å². The van der Waals surface area contributed by atoms with Crippen molar-refractivity contribution in [3.63, 3.8) is 0 Å². The molecule has 0 saturated carbocycles. The summed E-state index contributed by atoms with van der Waals surface area (Å²) in [4.78, 5) is 45.7. The highest BCUT2D eigenvalue weighted by Crippen LogP contribution is 2.20. The summed E-state index contributed by atoms with van der Waals surface area (Å²) in [6, 6.07) is 11.2. The molecule has 0 atom stereocenters. The first-order valence-corrected chi connectivity index (χ1v) is 7.44. The molecular formula is C18H14O8. The van der Waals surface area contributed by atoms with Crippen molar-refractivity contribution in [1.82, 2.24) is 0 Å². The minimum atomic E-state index is -1.25. The number of ether oxygens (including phenoxy) is 2. The van der Waals surface area contributed by atoms with Gasteiger partial charge in [-0.25, -0.2) is 9.59 Å². The summed E-state index contributed by atoms with van der Waals surface area (Å²) in [7, 11) is 0. The van der Waals surface area contributed by atoms with Gasteiger partial charge in [0.25, 0.3) is 0 Å². The molecule has 0 radical (unpaired) electrons. The summed E-state index contributed by atoms with van der Waals surface area (Å²) in [6.07, 6.45) is -0.718. The van der Waals surface area contributed by atoms with E-state index in [1.165, 1.54) is 48.5 Å². The predicted octanol–water partition coefficient (Wildman–Crippen LogP) is 2.37. The molecule has 0 aliphatic carbocycles. The van der Waals surface area contributed by atoms with Crippen LogP contribution in [0.1, 0.15) is 33.6 Å². The van der Waals surface area contributed by atoms with Crippen LogP contribution in [0.4, 0.5) is 0 Å². The van der Waals surface area contributed by atoms with Crippen LogP contribution in [0.2, 0.25) is 0 Å². The second-order valence-electron chi connectivity index (χ2n) is 5.05. The van der Waals surface area contributed by atoms with Crippen LogP contribution in [0.5, 0.6) is 11.5 Å². The first-order valence-electron chi connectivity index (χ1n) is 7.44. The quantitative estimate of drug-likeness (QED) is 0.570. The Bertz CT molecular complexity index is 784. The Hall–Kier alpha value is -3.68. The van der Waals surface area contributed by atoms with E-state index in [4.69, 9.17) is 19.7 Å². The van der Waals surface area contributed by atoms with E-state index in [9.17, 15) is 19.2 Å². The van der Waals surface area contributed by atoms with Gasteiger partial charge in [-0.05, 0) is 24.3 Å². The van der Waals surface area contributed by atoms with E-state index >= 15 is 0 Å². The Balaban J connectivity index is 1.93. The maximum absolute atomic E-state index is 11.8. The van der Waals surface area contributed by atoms with Crippen LogP contribution in [0.25, 0.3) is 0 Å². The molecule has 0 fully saturated rings. The van der Waals surface area contributed by atoms with E-state index in [1.807, 2.05) is 0 Å². The third kappa shape index (κ3) is 4.91. The molecule has 2 N–H and O–H groups in total. The normalized spacial score (nSPS) is 10.0. The Labute approximate surface area is 147 Å². The van der Waals surface area contributed by atoms with E-state index in [1.54, 1.807) is 0 Å². The lowest BCUT2D eigenvalue weighted by molar-refractivity contribution is -0.140. The molecule has 0 aliphatic heterocycles. The molecule has 0 aromatic heterocycles. The minimum absolute atomic E-state index is 0.130. The lowest BCUT2D eigenvalue weighted by Crippen LogP contribution is -2.16. The summed E-state index contributed by atoms with van der Waals surface area (Å²) >= 11 is 0. The third-order valence-electron chi connectivity index (χ3n) is 3.22. The van der Waals surface area contributed by atoms with Crippen LogP contribution in [0, 0.1) is 0 Å². The Morgan fingerprint density at radius 2 is 1.00 bits per heavy atom. The molecule has 0 amide bonds. The zero-order valence-electron chi connectivity index (χ0n) is 13.4. The number of rotatable bonds is 7. The van der Waals surface area contributed by atoms with Crippen molar-refractivity contribution in [3.8, 4) is 11.5 Å². The van der Waals surface area contributed by atoms with Crippen LogP contribution >= 0.6 is 0 Å². The number of benzene rings is 2. The molecule has 0 unspecified atom stereocenters. The molecule has 0 aliphatic rings. The molecule has 0 spiro atoms. The third-order valence-corrected chi connectivity index (χ3v) is 3.22. The molecule has 2 aromatic rings. The highest BCUT2D eigenvalue weighted by molar-refractivity contribution is 5.93. The van der Waals surface area contributed by atoms with Crippen molar-refractivity contribution in [2.45, 2.75) is 12.8 Å². The highest BCUT2D eigenvalue weighted by atomic mass is 16.5. The number of para-hydroxylation sites is 2. The first-order chi connectivity index (χ1) is 12.4. The average molecular weight is 358 g/mol. The molecule has 0 bridgehead atoms. The van der Waals surface area contributed by atoms with E-state index in [0.717, 1.165) is 0 Å². The zero-order valence-corrected chi connectivity index (χ0v) is 13.4. The van der Waals surface area contributed by atoms with Crippen LogP contribution in [-0.2, 0) is 9.59 Å². The molecule has 8 nitrogen and oxygen atoms in total. The van der Waals surface area contributed by atoms with Gasteiger partial charge in [0.2, 0.25) is 0 Å². The summed E-state index contributed by atoms with van der Waals surface area (Å²) in [5.74, 6) is -4.40. The molecule has 0 saturated heterocycles. The number of carbonyl (C=O) groups excluding carboxylic acids is 2. The van der Waals surface area contributed by atoms with Gasteiger partial charge in [0.05, 0.1) is 12.8 Å². The predicted molar refractivity (Wildman–Crippen MR) is 87.3 cm³/mol. The highest BCUT2D eigenvalue weighted by Gasteiger charge is 2.17. The van der Waals surface area contributed by atoms with Gasteiger partial charge in [-0.1, -0.05) is 24.3 Å². The van der Waals surface area contributed by atoms with Gasteiger partial charge in [-0.3, -0.25) is 9.59 Å². The summed E-state index contributed by atoms with van der Waals surface area (Å²) in [5, 5.41) is 18.0. The van der Waals surface area contributed by atoms with Crippen molar-refractivity contribution in [1.29, 1.82) is 0 Å². The van der Waals surface area contributed by atoms with Crippen molar-refractivity contribution in [3.05, 3.63) is 59.7 Å². The van der Waals surface area contributed by atoms with Gasteiger partial charge in [0.1, 0.15) is 22.6 Å². The maximum Gasteiger partial charge on any atom is 0.339 e. The van der Waals surface area contributed by atoms with Crippen LogP contribution < -0.4 is 9.47 Å². The largest absolute Gasteiger partial charge is 0.478 e. The van der Waals surface area contributed by atoms with Crippen molar-refractivity contribution >= 4 is 23.9 Å². The number of carbonyl (C=O) groups is 4. The molecule has 134 valence electrons. The van der Waals surface area contributed by atoms with Gasteiger partial charge >= 0.3 is 23.9 Å². The number of esters is 2. The summed E-state index contributed by atoms with van der Waals surface area (Å²) in [6.45, 7) is 0. The van der Waals surface area contributed by atoms with E-state index in [-0.39, 0.29) is 35.5 Å². The van der Waals surface area contributed by atoms with Gasteiger partial charge in [-0.15, -0.1) is 0 Å². The minimum Gasteiger partial charge on any atom is -0.478 e. The lowest BCUT2D eigenvalue weighted by Gasteiger charge is -2.08. The van der Waals surface area contributed by atoms with E-state index in [0.29, 0.717) is 0 Å². The second kappa shape index (κ2) is 8.43. The van der Waals surface area contributed by atoms with Gasteiger partial charge in [0.15, 0.2) is 0 Å². The van der Waals surface area contributed by atoms with Crippen LogP contribution in [-0.4, -0.2) is 34.1 Å². The first kappa shape index (κ1) is 18.7. The smallest absolute Gasteiger partial charge is 0.339 e. The van der Waals surface area contributed by atoms with Crippen LogP contribution in [0.15, 0.2) is 48.5 Å². The maximum atomic E-state index is 11.8. The molecule has 26 heavy (non-hydrogen) atoms. The SMILES string of the molecule is O=C(CCC(=O)Oc1ccccc1C(=O)O)Oc1ccccc1C(=O)O. The number of carboxylic acid groups (broad SMARTS) is 2. The Morgan fingerprint density at radius 3 is 1.35 bits per heavy atom. The number of hydrogen-bond acceptors (Lipinski definition) is 6. The fourth-order valence-electron chi connectivity index (χ4n) is 2.02. The number of carboxylic acids is 2. The van der Waals surface area contributed by atoms with E-state index < -0.39 is 23.9 Å². The van der Waals surface area contributed by atoms with Crippen LogP contribution in [0.3, 0.4) is 0 Å². The average Bonchev–Trinajstić information content (AvgIpc) is 2.60. The summed E-state index contributed by atoms with van der Waals surface area (Å²) in [5.41, 5.74) is -0.363. The fourth-order valence-corrected chi connectivity index (χ4v) is 2.02. The van der Waals surface area contributed by atoms with Crippen molar-refractivity contribution < 1.29 is 38.9 Å². The van der Waals surface area contributed by atoms with Gasteiger partial charge in [0, 0.05) is 0 Å². The molecular weight excluding hydrogens is 344 g/mol. The Kier molecular flexibility index (Phi) is 6.05. The van der Waals surface area contributed by atoms with Gasteiger partial charge < -0.3 is 19.7 Å². The second-order valence-corrected chi connectivity index (χ2v) is 5.05.